The van der Waals surface area contributed by atoms with Crippen LogP contribution >= 0.6 is 0 Å². The molecule has 2 N–H and O–H groups in total. The molecule has 0 saturated heterocycles. The molecule has 20 heavy (non-hydrogen) atoms. The third-order valence-corrected chi connectivity index (χ3v) is 4.15. The first kappa shape index (κ1) is 15.0. The van der Waals surface area contributed by atoms with Crippen molar-refractivity contribution in [2.24, 2.45) is 0 Å². The van der Waals surface area contributed by atoms with E-state index in [2.05, 4.69) is 24.3 Å². The van der Waals surface area contributed by atoms with E-state index in [0.717, 1.165) is 12.1 Å². The van der Waals surface area contributed by atoms with E-state index >= 15 is 0 Å². The lowest BCUT2D eigenvalue weighted by atomic mass is 9.90. The van der Waals surface area contributed by atoms with E-state index in [1.54, 1.807) is 12.1 Å². The molecular formula is C16H24N2O2. The van der Waals surface area contributed by atoms with E-state index in [9.17, 15) is 4.79 Å². The number of benzene rings is 1. The highest BCUT2D eigenvalue weighted by atomic mass is 16.4. The predicted octanol–water partition coefficient (Wildman–Crippen LogP) is 2.35. The molecule has 4 heteroatoms. The van der Waals surface area contributed by atoms with E-state index in [4.69, 9.17) is 5.11 Å². The Hall–Kier alpha value is -1.39. The summed E-state index contributed by atoms with van der Waals surface area (Å²) in [6.07, 6.45) is 4.92. The van der Waals surface area contributed by atoms with Gasteiger partial charge in [-0.2, -0.15) is 0 Å². The third-order valence-electron chi connectivity index (χ3n) is 4.15. The van der Waals surface area contributed by atoms with Crippen LogP contribution in [0.3, 0.4) is 0 Å². The summed E-state index contributed by atoms with van der Waals surface area (Å²) in [5, 5.41) is 12.6. The number of carboxylic acid groups (broad SMARTS) is 1. The van der Waals surface area contributed by atoms with Gasteiger partial charge in [-0.3, -0.25) is 0 Å². The minimum absolute atomic E-state index is 0.360. The smallest absolute Gasteiger partial charge is 0.335 e. The van der Waals surface area contributed by atoms with E-state index in [1.165, 1.54) is 25.7 Å². The quantitative estimate of drug-likeness (QED) is 0.867. The van der Waals surface area contributed by atoms with Crippen LogP contribution in [-0.2, 0) is 6.54 Å². The molecule has 4 nitrogen and oxygen atoms in total. The maximum Gasteiger partial charge on any atom is 0.335 e. The van der Waals surface area contributed by atoms with Gasteiger partial charge in [-0.25, -0.2) is 4.79 Å². The van der Waals surface area contributed by atoms with Crippen LogP contribution in [0.4, 0.5) is 0 Å². The number of nitrogens with zero attached hydrogens (tertiary/aromatic N) is 1. The van der Waals surface area contributed by atoms with Crippen molar-refractivity contribution in [1.29, 1.82) is 0 Å². The zero-order valence-electron chi connectivity index (χ0n) is 12.3. The molecule has 1 aliphatic carbocycles. The third kappa shape index (κ3) is 4.05. The first-order chi connectivity index (χ1) is 9.56. The van der Waals surface area contributed by atoms with Crippen LogP contribution < -0.4 is 5.32 Å². The Morgan fingerprint density at radius 1 is 1.40 bits per heavy atom. The molecule has 1 aromatic carbocycles. The zero-order valence-corrected chi connectivity index (χ0v) is 12.3. The van der Waals surface area contributed by atoms with Gasteiger partial charge >= 0.3 is 5.97 Å². The second-order valence-electron chi connectivity index (χ2n) is 5.87. The maximum absolute atomic E-state index is 11.0. The van der Waals surface area contributed by atoms with Crippen LogP contribution in [-0.4, -0.2) is 42.2 Å². The predicted molar refractivity (Wildman–Crippen MR) is 80.0 cm³/mol. The standard InChI is InChI=1S/C16H24N2O2/c1-18(2)15-8-4-7-14(10-15)17-11-12-5-3-6-13(9-12)16(19)20/h3,5-6,9,14-15,17H,4,7-8,10-11H2,1-2H3,(H,19,20). The molecule has 0 bridgehead atoms. The average Bonchev–Trinajstić information content (AvgIpc) is 2.45. The summed E-state index contributed by atoms with van der Waals surface area (Å²) in [6.45, 7) is 0.742. The average molecular weight is 276 g/mol. The van der Waals surface area contributed by atoms with Crippen molar-refractivity contribution in [1.82, 2.24) is 10.2 Å². The molecule has 2 rings (SSSR count). The van der Waals surface area contributed by atoms with Crippen LogP contribution in [0.2, 0.25) is 0 Å². The fraction of sp³-hybridized carbons (Fsp3) is 0.562. The molecule has 110 valence electrons. The lowest BCUT2D eigenvalue weighted by Crippen LogP contribution is -2.41. The van der Waals surface area contributed by atoms with Gasteiger partial charge < -0.3 is 15.3 Å². The van der Waals surface area contributed by atoms with Crippen LogP contribution in [0.15, 0.2) is 24.3 Å². The molecule has 1 saturated carbocycles. The second kappa shape index (κ2) is 6.86. The van der Waals surface area contributed by atoms with Gasteiger partial charge in [0, 0.05) is 18.6 Å². The minimum Gasteiger partial charge on any atom is -0.478 e. The summed E-state index contributed by atoms with van der Waals surface area (Å²) in [5.41, 5.74) is 1.40. The largest absolute Gasteiger partial charge is 0.478 e. The van der Waals surface area contributed by atoms with Gasteiger partial charge in [-0.05, 0) is 51.1 Å². The SMILES string of the molecule is CN(C)C1CCCC(NCc2cccc(C(=O)O)c2)C1. The van der Waals surface area contributed by atoms with Crippen molar-refractivity contribution in [3.63, 3.8) is 0 Å². The first-order valence-electron chi connectivity index (χ1n) is 7.28. The normalized spacial score (nSPS) is 22.9. The van der Waals surface area contributed by atoms with Crippen molar-refractivity contribution < 1.29 is 9.90 Å². The molecule has 0 heterocycles. The Labute approximate surface area is 120 Å². The summed E-state index contributed by atoms with van der Waals surface area (Å²) >= 11 is 0. The molecular weight excluding hydrogens is 252 g/mol. The molecule has 0 aromatic heterocycles. The van der Waals surface area contributed by atoms with Gasteiger partial charge in [0.2, 0.25) is 0 Å². The van der Waals surface area contributed by atoms with Crippen LogP contribution in [0.25, 0.3) is 0 Å². The highest BCUT2D eigenvalue weighted by molar-refractivity contribution is 5.87. The van der Waals surface area contributed by atoms with Crippen molar-refractivity contribution >= 4 is 5.97 Å². The molecule has 1 fully saturated rings. The van der Waals surface area contributed by atoms with E-state index in [1.807, 2.05) is 12.1 Å². The number of aromatic carboxylic acids is 1. The molecule has 2 atom stereocenters. The summed E-state index contributed by atoms with van der Waals surface area (Å²) in [5.74, 6) is -0.864. The molecule has 1 aliphatic rings. The van der Waals surface area contributed by atoms with Gasteiger partial charge in [0.15, 0.2) is 0 Å². The van der Waals surface area contributed by atoms with Crippen LogP contribution in [0, 0.1) is 0 Å². The van der Waals surface area contributed by atoms with E-state index in [-0.39, 0.29) is 0 Å². The molecule has 1 aromatic rings. The van der Waals surface area contributed by atoms with Crippen molar-refractivity contribution in [2.45, 2.75) is 44.3 Å². The molecule has 0 radical (unpaired) electrons. The Morgan fingerprint density at radius 3 is 2.90 bits per heavy atom. The highest BCUT2D eigenvalue weighted by Crippen LogP contribution is 2.22. The second-order valence-corrected chi connectivity index (χ2v) is 5.87. The summed E-state index contributed by atoms with van der Waals surface area (Å²) in [6, 6.07) is 8.36. The van der Waals surface area contributed by atoms with Gasteiger partial charge in [0.25, 0.3) is 0 Å². The van der Waals surface area contributed by atoms with Crippen molar-refractivity contribution in [2.75, 3.05) is 14.1 Å². The zero-order chi connectivity index (χ0) is 14.5. The highest BCUT2D eigenvalue weighted by Gasteiger charge is 2.22. The molecule has 2 unspecified atom stereocenters. The number of rotatable bonds is 5. The Kier molecular flexibility index (Phi) is 5.15. The summed E-state index contributed by atoms with van der Waals surface area (Å²) < 4.78 is 0. The number of hydrogen-bond acceptors (Lipinski definition) is 3. The lowest BCUT2D eigenvalue weighted by molar-refractivity contribution is 0.0696. The van der Waals surface area contributed by atoms with E-state index in [0.29, 0.717) is 17.6 Å². The fourth-order valence-corrected chi connectivity index (χ4v) is 2.89. The van der Waals surface area contributed by atoms with Gasteiger partial charge in [-0.15, -0.1) is 0 Å². The molecule has 0 aliphatic heterocycles. The van der Waals surface area contributed by atoms with Gasteiger partial charge in [-0.1, -0.05) is 18.6 Å². The van der Waals surface area contributed by atoms with E-state index < -0.39 is 5.97 Å². The van der Waals surface area contributed by atoms with Crippen LogP contribution in [0.1, 0.15) is 41.6 Å². The topological polar surface area (TPSA) is 52.6 Å². The molecule has 0 amide bonds. The number of hydrogen-bond donors (Lipinski definition) is 2. The Bertz CT molecular complexity index is 460. The Balaban J connectivity index is 1.88. The van der Waals surface area contributed by atoms with Crippen molar-refractivity contribution in [3.8, 4) is 0 Å². The van der Waals surface area contributed by atoms with Gasteiger partial charge in [0.1, 0.15) is 0 Å². The summed E-state index contributed by atoms with van der Waals surface area (Å²) in [4.78, 5) is 13.3. The fourth-order valence-electron chi connectivity index (χ4n) is 2.89. The first-order valence-corrected chi connectivity index (χ1v) is 7.28. The number of carbonyl (C=O) groups is 1. The lowest BCUT2D eigenvalue weighted by Gasteiger charge is -2.34. The van der Waals surface area contributed by atoms with Crippen LogP contribution in [0.5, 0.6) is 0 Å². The monoisotopic (exact) mass is 276 g/mol. The number of carboxylic acids is 1. The molecule has 0 spiro atoms. The minimum atomic E-state index is -0.864. The Morgan fingerprint density at radius 2 is 2.20 bits per heavy atom. The maximum atomic E-state index is 11.0. The van der Waals surface area contributed by atoms with Gasteiger partial charge in [0.05, 0.1) is 5.56 Å². The number of nitrogens with one attached hydrogen (secondary N) is 1. The summed E-state index contributed by atoms with van der Waals surface area (Å²) in [7, 11) is 4.28. The van der Waals surface area contributed by atoms with Crippen molar-refractivity contribution in [3.05, 3.63) is 35.4 Å².